The van der Waals surface area contributed by atoms with Gasteiger partial charge in [0.05, 0.1) is 12.0 Å². The molecule has 0 radical (unpaired) electrons. The Bertz CT molecular complexity index is 542. The summed E-state index contributed by atoms with van der Waals surface area (Å²) >= 11 is 0. The van der Waals surface area contributed by atoms with Gasteiger partial charge in [-0.2, -0.15) is 0 Å². The highest BCUT2D eigenvalue weighted by Gasteiger charge is 2.20. The topological polar surface area (TPSA) is 89.7 Å². The van der Waals surface area contributed by atoms with Crippen molar-refractivity contribution in [3.05, 3.63) is 24.3 Å². The number of hydrogen-bond donors (Lipinski definition) is 1. The Morgan fingerprint density at radius 2 is 2.11 bits per heavy atom. The fourth-order valence-electron chi connectivity index (χ4n) is 1.52. The second-order valence-electron chi connectivity index (χ2n) is 4.08. The number of hydrogen-bond acceptors (Lipinski definition) is 5. The van der Waals surface area contributed by atoms with Gasteiger partial charge in [-0.05, 0) is 24.6 Å². The molecular formula is C12H18N2O4S. The highest BCUT2D eigenvalue weighted by Crippen LogP contribution is 2.17. The number of anilines is 1. The number of methoxy groups -OCH3 is 1. The fourth-order valence-corrected chi connectivity index (χ4v) is 2.79. The maximum atomic E-state index is 12.2. The lowest BCUT2D eigenvalue weighted by Crippen LogP contribution is -2.28. The second kappa shape index (κ2) is 6.53. The van der Waals surface area contributed by atoms with Crippen molar-refractivity contribution in [2.45, 2.75) is 17.7 Å². The summed E-state index contributed by atoms with van der Waals surface area (Å²) in [6, 6.07) is 6.11. The Morgan fingerprint density at radius 1 is 1.42 bits per heavy atom. The number of carbonyl (C=O) groups is 1. The fraction of sp³-hybridized carbons (Fsp3) is 0.417. The van der Waals surface area contributed by atoms with Gasteiger partial charge >= 0.3 is 5.97 Å². The first-order valence-corrected chi connectivity index (χ1v) is 7.20. The Kier molecular flexibility index (Phi) is 5.31. The molecule has 0 aromatic heterocycles. The number of benzene rings is 1. The van der Waals surface area contributed by atoms with E-state index in [1.807, 2.05) is 0 Å². The molecule has 0 aliphatic heterocycles. The van der Waals surface area contributed by atoms with Crippen LogP contribution in [-0.2, 0) is 19.6 Å². The molecule has 0 unspecified atom stereocenters. The van der Waals surface area contributed by atoms with Gasteiger partial charge in [0, 0.05) is 25.7 Å². The van der Waals surface area contributed by atoms with Crippen LogP contribution in [0.5, 0.6) is 0 Å². The smallest absolute Gasteiger partial charge is 0.305 e. The normalized spacial score (nSPS) is 11.5. The average Bonchev–Trinajstić information content (AvgIpc) is 2.38. The van der Waals surface area contributed by atoms with Crippen LogP contribution in [0.4, 0.5) is 5.69 Å². The zero-order chi connectivity index (χ0) is 14.5. The first-order valence-electron chi connectivity index (χ1n) is 5.76. The van der Waals surface area contributed by atoms with Crippen molar-refractivity contribution in [2.75, 3.05) is 26.4 Å². The van der Waals surface area contributed by atoms with Crippen molar-refractivity contribution in [1.29, 1.82) is 0 Å². The molecule has 7 heteroatoms. The third-order valence-corrected chi connectivity index (χ3v) is 4.50. The lowest BCUT2D eigenvalue weighted by atomic mass is 10.3. The second-order valence-corrected chi connectivity index (χ2v) is 6.12. The largest absolute Gasteiger partial charge is 0.469 e. The van der Waals surface area contributed by atoms with E-state index in [2.05, 4.69) is 4.74 Å². The molecule has 1 aromatic rings. The van der Waals surface area contributed by atoms with Gasteiger partial charge in [-0.25, -0.2) is 12.7 Å². The minimum atomic E-state index is -3.56. The molecule has 0 fully saturated rings. The number of rotatable bonds is 6. The Morgan fingerprint density at radius 3 is 2.68 bits per heavy atom. The van der Waals surface area contributed by atoms with Crippen LogP contribution >= 0.6 is 0 Å². The molecule has 2 N–H and O–H groups in total. The van der Waals surface area contributed by atoms with Crippen LogP contribution in [0, 0.1) is 0 Å². The first kappa shape index (κ1) is 15.5. The van der Waals surface area contributed by atoms with E-state index in [0.29, 0.717) is 12.1 Å². The van der Waals surface area contributed by atoms with Crippen molar-refractivity contribution in [1.82, 2.24) is 4.31 Å². The van der Waals surface area contributed by atoms with E-state index >= 15 is 0 Å². The molecule has 0 amide bonds. The van der Waals surface area contributed by atoms with E-state index in [4.69, 9.17) is 5.73 Å². The molecule has 6 nitrogen and oxygen atoms in total. The van der Waals surface area contributed by atoms with Crippen LogP contribution in [0.25, 0.3) is 0 Å². The third-order valence-electron chi connectivity index (χ3n) is 2.65. The van der Waals surface area contributed by atoms with Crippen LogP contribution < -0.4 is 5.73 Å². The monoisotopic (exact) mass is 286 g/mol. The number of carbonyl (C=O) groups excluding carboxylic acids is 1. The number of sulfonamides is 1. The Balaban J connectivity index is 2.70. The van der Waals surface area contributed by atoms with Gasteiger partial charge in [0.15, 0.2) is 0 Å². The van der Waals surface area contributed by atoms with E-state index < -0.39 is 10.0 Å². The number of nitrogens with zero attached hydrogens (tertiary/aromatic N) is 1. The Labute approximate surface area is 113 Å². The minimum absolute atomic E-state index is 0.146. The highest BCUT2D eigenvalue weighted by molar-refractivity contribution is 7.89. The lowest BCUT2D eigenvalue weighted by Gasteiger charge is -2.17. The highest BCUT2D eigenvalue weighted by atomic mass is 32.2. The first-order chi connectivity index (χ1) is 8.87. The van der Waals surface area contributed by atoms with Crippen LogP contribution in [0.2, 0.25) is 0 Å². The van der Waals surface area contributed by atoms with Crippen LogP contribution in [-0.4, -0.2) is 39.4 Å². The molecule has 0 heterocycles. The van der Waals surface area contributed by atoms with Gasteiger partial charge in [-0.15, -0.1) is 0 Å². The van der Waals surface area contributed by atoms with Gasteiger partial charge in [-0.3, -0.25) is 4.79 Å². The average molecular weight is 286 g/mol. The lowest BCUT2D eigenvalue weighted by molar-refractivity contribution is -0.140. The van der Waals surface area contributed by atoms with Crippen molar-refractivity contribution < 1.29 is 17.9 Å². The number of nitrogens with two attached hydrogens (primary N) is 1. The summed E-state index contributed by atoms with van der Waals surface area (Å²) in [6.45, 7) is 0.242. The summed E-state index contributed by atoms with van der Waals surface area (Å²) in [5, 5.41) is 0. The van der Waals surface area contributed by atoms with Gasteiger partial charge in [0.25, 0.3) is 0 Å². The molecular weight excluding hydrogens is 268 g/mol. The summed E-state index contributed by atoms with van der Waals surface area (Å²) in [4.78, 5) is 11.1. The van der Waals surface area contributed by atoms with Crippen molar-refractivity contribution >= 4 is 21.7 Å². The molecule has 0 aliphatic rings. The molecule has 0 saturated heterocycles. The third kappa shape index (κ3) is 4.22. The molecule has 106 valence electrons. The molecule has 0 saturated carbocycles. The van der Waals surface area contributed by atoms with Gasteiger partial charge in [0.1, 0.15) is 0 Å². The molecule has 1 rings (SSSR count). The maximum absolute atomic E-state index is 12.2. The zero-order valence-electron chi connectivity index (χ0n) is 11.0. The quantitative estimate of drug-likeness (QED) is 0.618. The van der Waals surface area contributed by atoms with E-state index in [9.17, 15) is 13.2 Å². The van der Waals surface area contributed by atoms with Crippen LogP contribution in [0.1, 0.15) is 12.8 Å². The molecule has 0 bridgehead atoms. The summed E-state index contributed by atoms with van der Waals surface area (Å²) in [6.07, 6.45) is 0.595. The van der Waals surface area contributed by atoms with Crippen LogP contribution in [0.3, 0.4) is 0 Å². The standard InChI is InChI=1S/C12H18N2O4S/c1-14(8-4-7-12(15)18-2)19(16,17)11-6-3-5-10(13)9-11/h3,5-6,9H,4,7-8,13H2,1-2H3. The molecule has 1 aromatic carbocycles. The zero-order valence-corrected chi connectivity index (χ0v) is 11.8. The van der Waals surface area contributed by atoms with Crippen molar-refractivity contribution in [3.8, 4) is 0 Å². The maximum Gasteiger partial charge on any atom is 0.305 e. The van der Waals surface area contributed by atoms with Gasteiger partial charge < -0.3 is 10.5 Å². The van der Waals surface area contributed by atoms with Crippen molar-refractivity contribution in [2.24, 2.45) is 0 Å². The predicted octanol–water partition coefficient (Wildman–Crippen LogP) is 0.842. The van der Waals surface area contributed by atoms with E-state index in [0.717, 1.165) is 0 Å². The van der Waals surface area contributed by atoms with Crippen LogP contribution in [0.15, 0.2) is 29.2 Å². The summed E-state index contributed by atoms with van der Waals surface area (Å²) in [7, 11) is -0.796. The molecule has 0 aliphatic carbocycles. The summed E-state index contributed by atoms with van der Waals surface area (Å²) in [5.41, 5.74) is 5.96. The molecule has 0 atom stereocenters. The summed E-state index contributed by atoms with van der Waals surface area (Å²) in [5.74, 6) is -0.352. The minimum Gasteiger partial charge on any atom is -0.469 e. The Hall–Kier alpha value is -1.60. The molecule has 19 heavy (non-hydrogen) atoms. The number of ether oxygens (including phenoxy) is 1. The van der Waals surface area contributed by atoms with Gasteiger partial charge in [-0.1, -0.05) is 6.07 Å². The number of nitrogen functional groups attached to an aromatic ring is 1. The van der Waals surface area contributed by atoms with E-state index in [1.165, 1.54) is 30.6 Å². The van der Waals surface area contributed by atoms with Gasteiger partial charge in [0.2, 0.25) is 10.0 Å². The number of esters is 1. The van der Waals surface area contributed by atoms with Crippen molar-refractivity contribution in [3.63, 3.8) is 0 Å². The predicted molar refractivity (Wildman–Crippen MR) is 71.9 cm³/mol. The SMILES string of the molecule is COC(=O)CCCN(C)S(=O)(=O)c1cccc(N)c1. The summed E-state index contributed by atoms with van der Waals surface area (Å²) < 4.78 is 30.1. The van der Waals surface area contributed by atoms with E-state index in [1.54, 1.807) is 12.1 Å². The molecule has 0 spiro atoms. The van der Waals surface area contributed by atoms with E-state index in [-0.39, 0.29) is 23.8 Å².